The Morgan fingerprint density at radius 3 is 2.06 bits per heavy atom. The Balaban J connectivity index is 2.15. The van der Waals surface area contributed by atoms with E-state index in [1.54, 1.807) is 0 Å². The number of hydrogen-bond donors (Lipinski definition) is 1. The summed E-state index contributed by atoms with van der Waals surface area (Å²) < 4.78 is 77.6. The lowest BCUT2D eigenvalue weighted by molar-refractivity contribution is -0.139. The van der Waals surface area contributed by atoms with Crippen molar-refractivity contribution in [1.29, 1.82) is 0 Å². The minimum atomic E-state index is -4.67. The van der Waals surface area contributed by atoms with Crippen molar-refractivity contribution in [3.63, 3.8) is 0 Å². The van der Waals surface area contributed by atoms with E-state index in [-0.39, 0.29) is 54.6 Å². The number of rotatable bonds is 8. The number of ketones is 1. The lowest BCUT2D eigenvalue weighted by Gasteiger charge is -2.18. The molecule has 0 bridgehead atoms. The molecule has 0 spiro atoms. The van der Waals surface area contributed by atoms with Crippen molar-refractivity contribution >= 4 is 75.5 Å². The maximum absolute atomic E-state index is 13.7. The van der Waals surface area contributed by atoms with Gasteiger partial charge >= 0.3 is 12.4 Å². The van der Waals surface area contributed by atoms with Gasteiger partial charge in [0.15, 0.2) is 5.78 Å². The summed E-state index contributed by atoms with van der Waals surface area (Å²) in [5.74, 6) is -2.54. The molecule has 0 aliphatic carbocycles. The fourth-order valence-corrected chi connectivity index (χ4v) is 3.96. The summed E-state index contributed by atoms with van der Waals surface area (Å²) in [6.45, 7) is -1.31. The summed E-state index contributed by atoms with van der Waals surface area (Å²) in [6, 6.07) is 6.13. The first-order valence-electron chi connectivity index (χ1n) is 9.64. The molecule has 190 valence electrons. The first-order chi connectivity index (χ1) is 16.1. The second kappa shape index (κ2) is 12.1. The van der Waals surface area contributed by atoms with E-state index < -0.39 is 30.6 Å². The first-order valence-corrected chi connectivity index (χ1v) is 11.6. The second-order valence-electron chi connectivity index (χ2n) is 7.23. The molecule has 1 atom stereocenters. The predicted octanol–water partition coefficient (Wildman–Crippen LogP) is 9.10. The van der Waals surface area contributed by atoms with Crippen LogP contribution in [-0.2, 0) is 0 Å². The van der Waals surface area contributed by atoms with Gasteiger partial charge in [0.05, 0.1) is 31.0 Å². The summed E-state index contributed by atoms with van der Waals surface area (Å²) in [6.07, 6.45) is -7.39. The fourth-order valence-electron chi connectivity index (χ4n) is 2.88. The van der Waals surface area contributed by atoms with Gasteiger partial charge in [0.25, 0.3) is 0 Å². The zero-order valence-electron chi connectivity index (χ0n) is 17.3. The van der Waals surface area contributed by atoms with Gasteiger partial charge in [0.1, 0.15) is 6.54 Å². The van der Waals surface area contributed by atoms with Crippen LogP contribution in [0.15, 0.2) is 36.4 Å². The average Bonchev–Trinajstić information content (AvgIpc) is 2.73. The molecule has 13 heteroatoms. The number of carbonyl (C=O) groups is 1. The lowest BCUT2D eigenvalue weighted by atomic mass is 9.96. The number of nitrogens with one attached hydrogen (secondary N) is 1. The Labute approximate surface area is 222 Å². The number of Topliss-reactive ketones (excluding diaryl/α,β-unsaturated/α-hetero) is 1. The van der Waals surface area contributed by atoms with Gasteiger partial charge in [-0.2, -0.15) is 26.3 Å². The maximum Gasteiger partial charge on any atom is 0.405 e. The van der Waals surface area contributed by atoms with Crippen LogP contribution in [0.3, 0.4) is 0 Å². The number of thiocarbonyl (C=S) groups is 1. The molecule has 35 heavy (non-hydrogen) atoms. The van der Waals surface area contributed by atoms with Gasteiger partial charge in [-0.05, 0) is 35.4 Å². The van der Waals surface area contributed by atoms with Gasteiger partial charge in [0, 0.05) is 18.4 Å². The van der Waals surface area contributed by atoms with Crippen molar-refractivity contribution in [3.8, 4) is 0 Å². The molecule has 1 N–H and O–H groups in total. The van der Waals surface area contributed by atoms with Crippen molar-refractivity contribution in [2.75, 3.05) is 6.54 Å². The van der Waals surface area contributed by atoms with Crippen LogP contribution in [0.25, 0.3) is 6.08 Å². The number of alkyl halides is 6. The van der Waals surface area contributed by atoms with Crippen LogP contribution >= 0.6 is 58.6 Å². The van der Waals surface area contributed by atoms with Crippen molar-refractivity contribution in [2.45, 2.75) is 31.1 Å². The van der Waals surface area contributed by atoms with Crippen LogP contribution in [0.4, 0.5) is 26.3 Å². The van der Waals surface area contributed by atoms with Gasteiger partial charge in [0.2, 0.25) is 0 Å². The molecule has 0 radical (unpaired) electrons. The van der Waals surface area contributed by atoms with Crippen LogP contribution in [0.2, 0.25) is 20.1 Å². The zero-order valence-corrected chi connectivity index (χ0v) is 21.2. The number of benzene rings is 2. The SMILES string of the molecule is O=C(CCC(=S)NCC(F)(F)F)c1ccc(/C=C/C(c2cc(Cl)c(Cl)c(Cl)c2)C(F)(F)F)cc1Cl. The molecule has 0 fully saturated rings. The van der Waals surface area contributed by atoms with Crippen LogP contribution in [0.1, 0.15) is 40.2 Å². The third kappa shape index (κ3) is 9.13. The molecule has 2 rings (SSSR count). The van der Waals surface area contributed by atoms with Crippen molar-refractivity contribution < 1.29 is 31.1 Å². The highest BCUT2D eigenvalue weighted by Crippen LogP contribution is 2.41. The van der Waals surface area contributed by atoms with Crippen LogP contribution in [-0.4, -0.2) is 29.7 Å². The van der Waals surface area contributed by atoms with E-state index in [0.29, 0.717) is 0 Å². The third-order valence-corrected chi connectivity index (χ3v) is 6.42. The first kappa shape index (κ1) is 29.7. The fraction of sp³-hybridized carbons (Fsp3) is 0.273. The molecule has 2 aromatic carbocycles. The normalized spacial score (nSPS) is 13.2. The average molecular weight is 597 g/mol. The number of carbonyl (C=O) groups excluding carboxylic acids is 1. The summed E-state index contributed by atoms with van der Waals surface area (Å²) in [4.78, 5) is 12.2. The van der Waals surface area contributed by atoms with Crippen LogP contribution < -0.4 is 5.32 Å². The van der Waals surface area contributed by atoms with E-state index in [1.807, 2.05) is 5.32 Å². The number of allylic oxidation sites excluding steroid dienone is 1. The van der Waals surface area contributed by atoms with Crippen LogP contribution in [0.5, 0.6) is 0 Å². The minimum absolute atomic E-state index is 0.0348. The molecule has 0 saturated carbocycles. The Kier molecular flexibility index (Phi) is 10.3. The minimum Gasteiger partial charge on any atom is -0.371 e. The highest BCUT2D eigenvalue weighted by molar-refractivity contribution is 7.80. The predicted molar refractivity (Wildman–Crippen MR) is 131 cm³/mol. The molecule has 0 aliphatic rings. The number of hydrogen-bond acceptors (Lipinski definition) is 2. The molecule has 0 heterocycles. The largest absolute Gasteiger partial charge is 0.405 e. The molecule has 2 aromatic rings. The van der Waals surface area contributed by atoms with E-state index in [4.69, 9.17) is 58.6 Å². The van der Waals surface area contributed by atoms with Crippen LogP contribution in [0, 0.1) is 0 Å². The molecular formula is C22H15Cl4F6NOS. The molecule has 1 unspecified atom stereocenters. The third-order valence-electron chi connectivity index (χ3n) is 4.56. The molecule has 0 aromatic heterocycles. The van der Waals surface area contributed by atoms with Gasteiger partial charge in [-0.3, -0.25) is 4.79 Å². The molecule has 2 nitrogen and oxygen atoms in total. The highest BCUT2D eigenvalue weighted by atomic mass is 35.5. The van der Waals surface area contributed by atoms with Gasteiger partial charge in [-0.15, -0.1) is 0 Å². The molecule has 0 saturated heterocycles. The summed E-state index contributed by atoms with van der Waals surface area (Å²) in [7, 11) is 0. The van der Waals surface area contributed by atoms with Crippen molar-refractivity contribution in [3.05, 3.63) is 73.2 Å². The van der Waals surface area contributed by atoms with Gasteiger partial charge in [-0.25, -0.2) is 0 Å². The van der Waals surface area contributed by atoms with E-state index in [1.165, 1.54) is 24.3 Å². The zero-order chi connectivity index (χ0) is 26.6. The number of halogens is 10. The topological polar surface area (TPSA) is 29.1 Å². The molecule has 0 amide bonds. The Hall–Kier alpha value is -1.52. The summed E-state index contributed by atoms with van der Waals surface area (Å²) in [5, 5.41) is 1.66. The summed E-state index contributed by atoms with van der Waals surface area (Å²) >= 11 is 28.4. The second-order valence-corrected chi connectivity index (χ2v) is 9.32. The van der Waals surface area contributed by atoms with E-state index in [0.717, 1.165) is 18.2 Å². The van der Waals surface area contributed by atoms with E-state index >= 15 is 0 Å². The molecular weight excluding hydrogens is 582 g/mol. The lowest BCUT2D eigenvalue weighted by Crippen LogP contribution is -2.32. The standard InChI is InChI=1S/C22H15Cl4F6NOS/c23-15-7-11(1-3-13(15)18(34)5-6-19(35)33-10-21(27,28)29)2-4-14(22(30,31)32)12-8-16(24)20(26)17(25)9-12/h1-4,7-9,14H,5-6,10H2,(H,33,35)/b4-2+. The van der Waals surface area contributed by atoms with E-state index in [9.17, 15) is 31.1 Å². The Morgan fingerprint density at radius 1 is 0.943 bits per heavy atom. The van der Waals surface area contributed by atoms with Crippen molar-refractivity contribution in [2.24, 2.45) is 0 Å². The summed E-state index contributed by atoms with van der Waals surface area (Å²) in [5.41, 5.74) is 0.113. The van der Waals surface area contributed by atoms with E-state index in [2.05, 4.69) is 0 Å². The van der Waals surface area contributed by atoms with Gasteiger partial charge < -0.3 is 5.32 Å². The monoisotopic (exact) mass is 595 g/mol. The van der Waals surface area contributed by atoms with Crippen molar-refractivity contribution in [1.82, 2.24) is 5.32 Å². The van der Waals surface area contributed by atoms with Gasteiger partial charge in [-0.1, -0.05) is 76.8 Å². The maximum atomic E-state index is 13.7. The smallest absolute Gasteiger partial charge is 0.371 e. The molecule has 0 aliphatic heterocycles. The Morgan fingerprint density at radius 2 is 1.54 bits per heavy atom. The highest BCUT2D eigenvalue weighted by Gasteiger charge is 2.39. The Bertz CT molecular complexity index is 1110. The quantitative estimate of drug-likeness (QED) is 0.143.